The number of anilines is 5. The molecule has 1 unspecified atom stereocenters. The summed E-state index contributed by atoms with van der Waals surface area (Å²) in [5.41, 5.74) is 5.37. The number of ether oxygens (including phenoxy) is 1. The molecule has 38 heavy (non-hydrogen) atoms. The number of nitrogens with two attached hydrogens (primary N) is 1. The molecule has 1 aromatic heterocycles. The molecular formula is C24H23F4N7O3. The third-order valence-electron chi connectivity index (χ3n) is 5.88. The Kier molecular flexibility index (Phi) is 7.23. The fraction of sp³-hybridized carbons (Fsp3) is 0.250. The highest BCUT2D eigenvalue weighted by Crippen LogP contribution is 2.40. The van der Waals surface area contributed by atoms with E-state index in [9.17, 15) is 27.2 Å². The first-order chi connectivity index (χ1) is 18.0. The molecule has 1 aliphatic heterocycles. The summed E-state index contributed by atoms with van der Waals surface area (Å²) in [6.07, 6.45) is -4.20. The number of fused-ring (bicyclic) bond motifs is 1. The van der Waals surface area contributed by atoms with Crippen molar-refractivity contribution >= 4 is 40.8 Å². The largest absolute Gasteiger partial charge is 0.494 e. The molecule has 1 atom stereocenters. The quantitative estimate of drug-likeness (QED) is 0.301. The molecule has 0 spiro atoms. The lowest BCUT2D eigenvalue weighted by atomic mass is 10.0. The van der Waals surface area contributed by atoms with Crippen LogP contribution in [0.3, 0.4) is 0 Å². The molecule has 3 aromatic rings. The first-order valence-electron chi connectivity index (χ1n) is 11.3. The van der Waals surface area contributed by atoms with Crippen molar-refractivity contribution in [3.8, 4) is 5.75 Å². The summed E-state index contributed by atoms with van der Waals surface area (Å²) in [5, 5.41) is 7.80. The Balaban J connectivity index is 1.71. The summed E-state index contributed by atoms with van der Waals surface area (Å²) < 4.78 is 59.8. The number of carbonyl (C=O) groups excluding carboxylic acids is 2. The average molecular weight is 533 g/mol. The van der Waals surface area contributed by atoms with Gasteiger partial charge in [-0.3, -0.25) is 4.79 Å². The smallest absolute Gasteiger partial charge is 0.421 e. The van der Waals surface area contributed by atoms with Crippen LogP contribution >= 0.6 is 0 Å². The molecule has 0 radical (unpaired) electrons. The van der Waals surface area contributed by atoms with E-state index < -0.39 is 42.2 Å². The van der Waals surface area contributed by atoms with Gasteiger partial charge in [0.05, 0.1) is 30.1 Å². The van der Waals surface area contributed by atoms with Gasteiger partial charge < -0.3 is 31.3 Å². The van der Waals surface area contributed by atoms with E-state index >= 15 is 0 Å². The van der Waals surface area contributed by atoms with Gasteiger partial charge in [-0.1, -0.05) is 12.1 Å². The highest BCUT2D eigenvalue weighted by Gasteiger charge is 2.38. The summed E-state index contributed by atoms with van der Waals surface area (Å²) in [6, 6.07) is 7.89. The van der Waals surface area contributed by atoms with Gasteiger partial charge in [0.2, 0.25) is 5.95 Å². The minimum absolute atomic E-state index is 0.0929. The number of amides is 3. The maximum absolute atomic E-state index is 13.8. The topological polar surface area (TPSA) is 134 Å². The van der Waals surface area contributed by atoms with E-state index in [0.29, 0.717) is 23.1 Å². The first kappa shape index (κ1) is 26.4. The van der Waals surface area contributed by atoms with Gasteiger partial charge in [0.15, 0.2) is 0 Å². The van der Waals surface area contributed by atoms with Gasteiger partial charge in [0.25, 0.3) is 5.91 Å². The van der Waals surface area contributed by atoms with Gasteiger partial charge in [-0.2, -0.15) is 18.2 Å². The van der Waals surface area contributed by atoms with E-state index in [2.05, 4.69) is 25.9 Å². The molecule has 2 heterocycles. The number of urea groups is 1. The van der Waals surface area contributed by atoms with E-state index in [0.717, 1.165) is 0 Å². The molecule has 0 bridgehead atoms. The molecule has 0 aliphatic carbocycles. The van der Waals surface area contributed by atoms with Crippen LogP contribution < -0.4 is 26.4 Å². The highest BCUT2D eigenvalue weighted by atomic mass is 19.4. The van der Waals surface area contributed by atoms with Gasteiger partial charge in [-0.05, 0) is 30.7 Å². The Morgan fingerprint density at radius 2 is 1.95 bits per heavy atom. The fourth-order valence-electron chi connectivity index (χ4n) is 4.14. The van der Waals surface area contributed by atoms with E-state index in [1.54, 1.807) is 19.1 Å². The van der Waals surface area contributed by atoms with Crippen molar-refractivity contribution in [2.75, 3.05) is 36.3 Å². The first-order valence-corrected chi connectivity index (χ1v) is 11.3. The maximum atomic E-state index is 13.8. The molecule has 0 saturated carbocycles. The van der Waals surface area contributed by atoms with Gasteiger partial charge in [-0.25, -0.2) is 14.2 Å². The van der Waals surface area contributed by atoms with Crippen molar-refractivity contribution < 1.29 is 31.9 Å². The molecule has 10 nitrogen and oxygen atoms in total. The van der Waals surface area contributed by atoms with Crippen molar-refractivity contribution in [3.63, 3.8) is 0 Å². The van der Waals surface area contributed by atoms with Crippen molar-refractivity contribution in [2.45, 2.75) is 19.1 Å². The number of methoxy groups -OCH3 is 1. The standard InChI is InChI=1S/C24H23F4N7O3/c1-12-14-4-3-5-17(19(14)21(36)35(12)9-8-25)32-20-15(24(26,27)28)11-30-23(34-20)33-16-7-6-13(31-22(29)37)10-18(16)38-2/h3-7,10-12H,8-9H2,1-2H3,(H3,29,31,37)(H2,30,32,33,34). The summed E-state index contributed by atoms with van der Waals surface area (Å²) in [7, 11) is 1.36. The third-order valence-corrected chi connectivity index (χ3v) is 5.88. The van der Waals surface area contributed by atoms with Crippen LogP contribution in [0.15, 0.2) is 42.6 Å². The molecule has 4 rings (SSSR count). The number of carbonyl (C=O) groups is 2. The molecule has 200 valence electrons. The number of halogens is 4. The Morgan fingerprint density at radius 3 is 2.61 bits per heavy atom. The number of hydrogen-bond acceptors (Lipinski definition) is 7. The van der Waals surface area contributed by atoms with E-state index in [-0.39, 0.29) is 29.5 Å². The number of nitrogens with zero attached hydrogens (tertiary/aromatic N) is 3. The van der Waals surface area contributed by atoms with E-state index in [4.69, 9.17) is 10.5 Å². The molecular weight excluding hydrogens is 510 g/mol. The molecule has 1 aliphatic rings. The number of primary amides is 1. The summed E-state index contributed by atoms with van der Waals surface area (Å²) in [5.74, 6) is -1.08. The number of nitrogens with one attached hydrogen (secondary N) is 3. The van der Waals surface area contributed by atoms with E-state index in [1.165, 1.54) is 36.3 Å². The second-order valence-electron chi connectivity index (χ2n) is 8.24. The zero-order valence-electron chi connectivity index (χ0n) is 20.2. The average Bonchev–Trinajstić information content (AvgIpc) is 3.10. The van der Waals surface area contributed by atoms with Gasteiger partial charge in [0, 0.05) is 24.5 Å². The predicted octanol–water partition coefficient (Wildman–Crippen LogP) is 4.97. The van der Waals surface area contributed by atoms with E-state index in [1.807, 2.05) is 0 Å². The van der Waals surface area contributed by atoms with Crippen LogP contribution in [0.5, 0.6) is 5.75 Å². The van der Waals surface area contributed by atoms with Crippen molar-refractivity contribution in [2.24, 2.45) is 5.73 Å². The van der Waals surface area contributed by atoms with Crippen LogP contribution in [0.4, 0.5) is 51.2 Å². The second kappa shape index (κ2) is 10.4. The summed E-state index contributed by atoms with van der Waals surface area (Å²) in [4.78, 5) is 33.2. The summed E-state index contributed by atoms with van der Waals surface area (Å²) >= 11 is 0. The van der Waals surface area contributed by atoms with Crippen LogP contribution in [0, 0.1) is 0 Å². The highest BCUT2D eigenvalue weighted by molar-refractivity contribution is 6.04. The van der Waals surface area contributed by atoms with Gasteiger partial charge >= 0.3 is 12.2 Å². The Morgan fingerprint density at radius 1 is 1.18 bits per heavy atom. The molecule has 0 saturated heterocycles. The molecule has 14 heteroatoms. The lowest BCUT2D eigenvalue weighted by Gasteiger charge is -2.20. The molecule has 3 amide bonds. The van der Waals surface area contributed by atoms with Crippen LogP contribution in [0.2, 0.25) is 0 Å². The van der Waals surface area contributed by atoms with Crippen molar-refractivity contribution in [1.29, 1.82) is 0 Å². The zero-order chi connectivity index (χ0) is 27.6. The lowest BCUT2D eigenvalue weighted by molar-refractivity contribution is -0.137. The number of aromatic nitrogens is 2. The maximum Gasteiger partial charge on any atom is 0.421 e. The minimum Gasteiger partial charge on any atom is -0.494 e. The predicted molar refractivity (Wildman–Crippen MR) is 132 cm³/mol. The van der Waals surface area contributed by atoms with Crippen LogP contribution in [-0.2, 0) is 6.18 Å². The molecule has 0 fully saturated rings. The van der Waals surface area contributed by atoms with Crippen LogP contribution in [0.25, 0.3) is 0 Å². The van der Waals surface area contributed by atoms with Crippen LogP contribution in [-0.4, -0.2) is 47.1 Å². The van der Waals surface area contributed by atoms with Crippen molar-refractivity contribution in [1.82, 2.24) is 14.9 Å². The monoisotopic (exact) mass is 533 g/mol. The van der Waals surface area contributed by atoms with Gasteiger partial charge in [-0.15, -0.1) is 0 Å². The summed E-state index contributed by atoms with van der Waals surface area (Å²) in [6.45, 7) is 0.822. The fourth-order valence-corrected chi connectivity index (χ4v) is 4.14. The Bertz CT molecular complexity index is 1380. The SMILES string of the molecule is COc1cc(NC(N)=O)ccc1Nc1ncc(C(F)(F)F)c(Nc2cccc3c2C(=O)N(CCF)C3C)n1. The molecule has 5 N–H and O–H groups in total. The zero-order valence-corrected chi connectivity index (χ0v) is 20.2. The number of benzene rings is 2. The third kappa shape index (κ3) is 5.23. The number of alkyl halides is 4. The second-order valence-corrected chi connectivity index (χ2v) is 8.24. The Labute approximate surface area is 214 Å². The Hall–Kier alpha value is -4.62. The van der Waals surface area contributed by atoms with Crippen LogP contribution in [0.1, 0.15) is 34.5 Å². The minimum atomic E-state index is -4.81. The lowest BCUT2D eigenvalue weighted by Crippen LogP contribution is -2.28. The van der Waals surface area contributed by atoms with Crippen molar-refractivity contribution in [3.05, 3.63) is 59.3 Å². The van der Waals surface area contributed by atoms with Gasteiger partial charge in [0.1, 0.15) is 23.8 Å². The number of rotatable bonds is 8. The molecule has 2 aromatic carbocycles. The number of hydrogen-bond donors (Lipinski definition) is 4. The normalized spacial score (nSPS) is 14.7.